The third-order valence-corrected chi connectivity index (χ3v) is 2.29. The minimum Gasteiger partial charge on any atom is -0.490 e. The van der Waals surface area contributed by atoms with E-state index in [1.165, 1.54) is 0 Å². The highest BCUT2D eigenvalue weighted by Gasteiger charge is 2.06. The van der Waals surface area contributed by atoms with Gasteiger partial charge in [-0.25, -0.2) is 0 Å². The van der Waals surface area contributed by atoms with Crippen molar-refractivity contribution in [1.29, 1.82) is 0 Å². The van der Waals surface area contributed by atoms with Crippen molar-refractivity contribution >= 4 is 33.2 Å². The molecule has 1 aromatic carbocycles. The highest BCUT2D eigenvalue weighted by atomic mass is 79.9. The maximum absolute atomic E-state index is 5.79. The molecule has 0 aliphatic heterocycles. The predicted octanol–water partition coefficient (Wildman–Crippen LogP) is 3.47. The van der Waals surface area contributed by atoms with Crippen LogP contribution in [0.2, 0.25) is 5.02 Å². The molecule has 0 saturated carbocycles. The van der Waals surface area contributed by atoms with Crippen LogP contribution in [0.4, 0.5) is 5.69 Å². The van der Waals surface area contributed by atoms with Crippen LogP contribution in [0.1, 0.15) is 13.3 Å². The molecule has 72 valence electrons. The van der Waals surface area contributed by atoms with Crippen LogP contribution in [0.3, 0.4) is 0 Å². The highest BCUT2D eigenvalue weighted by Crippen LogP contribution is 2.34. The van der Waals surface area contributed by atoms with Crippen molar-refractivity contribution in [2.75, 3.05) is 12.3 Å². The Bertz CT molecular complexity index is 281. The Hall–Kier alpha value is -0.410. The number of nitrogens with two attached hydrogens (primary N) is 1. The van der Waals surface area contributed by atoms with Crippen LogP contribution in [0.25, 0.3) is 0 Å². The maximum Gasteiger partial charge on any atom is 0.156 e. The summed E-state index contributed by atoms with van der Waals surface area (Å²) in [7, 11) is 0. The van der Waals surface area contributed by atoms with Crippen LogP contribution in [0, 0.1) is 0 Å². The van der Waals surface area contributed by atoms with E-state index in [4.69, 9.17) is 22.1 Å². The summed E-state index contributed by atoms with van der Waals surface area (Å²) in [5.74, 6) is 0.672. The number of benzene rings is 1. The first-order chi connectivity index (χ1) is 6.15. The van der Waals surface area contributed by atoms with Crippen molar-refractivity contribution in [2.24, 2.45) is 0 Å². The number of ether oxygens (including phenoxy) is 1. The normalized spacial score (nSPS) is 10.1. The highest BCUT2D eigenvalue weighted by molar-refractivity contribution is 9.10. The van der Waals surface area contributed by atoms with Crippen molar-refractivity contribution in [3.63, 3.8) is 0 Å². The number of hydrogen-bond acceptors (Lipinski definition) is 2. The summed E-state index contributed by atoms with van der Waals surface area (Å²) >= 11 is 9.13. The lowest BCUT2D eigenvalue weighted by atomic mass is 10.3. The molecule has 0 bridgehead atoms. The van der Waals surface area contributed by atoms with Gasteiger partial charge in [-0.1, -0.05) is 18.5 Å². The molecule has 0 unspecified atom stereocenters. The molecule has 0 heterocycles. The van der Waals surface area contributed by atoms with E-state index in [1.54, 1.807) is 12.1 Å². The molecule has 0 aliphatic rings. The Morgan fingerprint density at radius 2 is 2.23 bits per heavy atom. The first-order valence-electron chi connectivity index (χ1n) is 4.02. The summed E-state index contributed by atoms with van der Waals surface area (Å²) in [6.45, 7) is 2.70. The van der Waals surface area contributed by atoms with Gasteiger partial charge in [0.15, 0.2) is 5.75 Å². The van der Waals surface area contributed by atoms with Crippen molar-refractivity contribution in [3.8, 4) is 5.75 Å². The second kappa shape index (κ2) is 4.72. The van der Waals surface area contributed by atoms with Gasteiger partial charge in [0.05, 0.1) is 16.8 Å². The van der Waals surface area contributed by atoms with Gasteiger partial charge in [-0.3, -0.25) is 0 Å². The van der Waals surface area contributed by atoms with Gasteiger partial charge in [0, 0.05) is 5.02 Å². The number of halogens is 2. The molecule has 1 rings (SSSR count). The molecule has 2 nitrogen and oxygen atoms in total. The second-order valence-electron chi connectivity index (χ2n) is 2.65. The van der Waals surface area contributed by atoms with E-state index in [0.717, 1.165) is 10.9 Å². The Labute approximate surface area is 91.2 Å². The molecule has 1 aromatic rings. The lowest BCUT2D eigenvalue weighted by Gasteiger charge is -2.10. The van der Waals surface area contributed by atoms with Gasteiger partial charge in [0.25, 0.3) is 0 Å². The molecule has 0 aliphatic carbocycles. The predicted molar refractivity (Wildman–Crippen MR) is 59.4 cm³/mol. The standard InChI is InChI=1S/C9H11BrClNO/c1-2-3-13-9-7(10)4-6(11)5-8(9)12/h4-5H,2-3,12H2,1H3. The largest absolute Gasteiger partial charge is 0.490 e. The monoisotopic (exact) mass is 263 g/mol. The molecule has 2 N–H and O–H groups in total. The SMILES string of the molecule is CCCOc1c(N)cc(Cl)cc1Br. The number of anilines is 1. The lowest BCUT2D eigenvalue weighted by Crippen LogP contribution is -1.99. The van der Waals surface area contributed by atoms with Gasteiger partial charge >= 0.3 is 0 Å². The molecule has 0 fully saturated rings. The van der Waals surface area contributed by atoms with E-state index in [2.05, 4.69) is 15.9 Å². The molecule has 0 saturated heterocycles. The minimum atomic E-state index is 0.563. The van der Waals surface area contributed by atoms with Crippen LogP contribution in [0.5, 0.6) is 5.75 Å². The van der Waals surface area contributed by atoms with Gasteiger partial charge in [-0.2, -0.15) is 0 Å². The summed E-state index contributed by atoms with van der Waals surface area (Å²) in [6, 6.07) is 3.44. The fourth-order valence-electron chi connectivity index (χ4n) is 0.937. The van der Waals surface area contributed by atoms with Gasteiger partial charge in [0.1, 0.15) is 0 Å². The average Bonchev–Trinajstić information content (AvgIpc) is 2.02. The van der Waals surface area contributed by atoms with Crippen molar-refractivity contribution in [1.82, 2.24) is 0 Å². The average molecular weight is 265 g/mol. The molecule has 0 spiro atoms. The molecule has 0 aromatic heterocycles. The molecule has 0 radical (unpaired) electrons. The first-order valence-corrected chi connectivity index (χ1v) is 5.19. The summed E-state index contributed by atoms with van der Waals surface area (Å²) in [4.78, 5) is 0. The van der Waals surface area contributed by atoms with Crippen LogP contribution in [-0.2, 0) is 0 Å². The molecule has 13 heavy (non-hydrogen) atoms. The smallest absolute Gasteiger partial charge is 0.156 e. The zero-order valence-corrected chi connectivity index (χ0v) is 9.65. The molecular formula is C9H11BrClNO. The Morgan fingerprint density at radius 3 is 2.77 bits per heavy atom. The second-order valence-corrected chi connectivity index (χ2v) is 3.95. The van der Waals surface area contributed by atoms with Gasteiger partial charge in [-0.15, -0.1) is 0 Å². The molecule has 0 atom stereocenters. The fourth-order valence-corrected chi connectivity index (χ4v) is 1.89. The summed E-state index contributed by atoms with van der Waals surface area (Å²) in [5, 5.41) is 0.605. The maximum atomic E-state index is 5.79. The van der Waals surface area contributed by atoms with Crippen molar-refractivity contribution < 1.29 is 4.74 Å². The van der Waals surface area contributed by atoms with E-state index in [-0.39, 0.29) is 0 Å². The number of nitrogen functional groups attached to an aromatic ring is 1. The summed E-state index contributed by atoms with van der Waals surface area (Å²) < 4.78 is 6.24. The quantitative estimate of drug-likeness (QED) is 0.849. The third-order valence-electron chi connectivity index (χ3n) is 1.49. The van der Waals surface area contributed by atoms with E-state index >= 15 is 0 Å². The summed E-state index contributed by atoms with van der Waals surface area (Å²) in [5.41, 5.74) is 6.29. The van der Waals surface area contributed by atoms with E-state index < -0.39 is 0 Å². The van der Waals surface area contributed by atoms with E-state index in [9.17, 15) is 0 Å². The Morgan fingerprint density at radius 1 is 1.54 bits per heavy atom. The van der Waals surface area contributed by atoms with Gasteiger partial charge in [0.2, 0.25) is 0 Å². The Kier molecular flexibility index (Phi) is 3.88. The minimum absolute atomic E-state index is 0.563. The fraction of sp³-hybridized carbons (Fsp3) is 0.333. The van der Waals surface area contributed by atoms with Crippen LogP contribution in [-0.4, -0.2) is 6.61 Å². The van der Waals surface area contributed by atoms with Crippen molar-refractivity contribution in [3.05, 3.63) is 21.6 Å². The Balaban J connectivity index is 2.92. The van der Waals surface area contributed by atoms with Crippen LogP contribution < -0.4 is 10.5 Å². The lowest BCUT2D eigenvalue weighted by molar-refractivity contribution is 0.317. The zero-order valence-electron chi connectivity index (χ0n) is 7.31. The topological polar surface area (TPSA) is 35.2 Å². The first kappa shape index (κ1) is 10.7. The third kappa shape index (κ3) is 2.78. The van der Waals surface area contributed by atoms with Gasteiger partial charge < -0.3 is 10.5 Å². The number of rotatable bonds is 3. The van der Waals surface area contributed by atoms with Crippen LogP contribution in [0.15, 0.2) is 16.6 Å². The molecular weight excluding hydrogens is 253 g/mol. The number of hydrogen-bond donors (Lipinski definition) is 1. The van der Waals surface area contributed by atoms with Crippen LogP contribution >= 0.6 is 27.5 Å². The molecule has 0 amide bonds. The summed E-state index contributed by atoms with van der Waals surface area (Å²) in [6.07, 6.45) is 0.953. The zero-order chi connectivity index (χ0) is 9.84. The van der Waals surface area contributed by atoms with Gasteiger partial charge in [-0.05, 0) is 34.5 Å². The molecule has 4 heteroatoms. The van der Waals surface area contributed by atoms with Crippen molar-refractivity contribution in [2.45, 2.75) is 13.3 Å². The van der Waals surface area contributed by atoms with E-state index in [1.807, 2.05) is 6.92 Å². The van der Waals surface area contributed by atoms with E-state index in [0.29, 0.717) is 23.1 Å².